The summed E-state index contributed by atoms with van der Waals surface area (Å²) in [5, 5.41) is 0. The zero-order valence-electron chi connectivity index (χ0n) is 1.58. The standard InChI is InChI=1S/Co.Fe.La.Pd.Sr.2H. The molecule has 0 heterocycles. The van der Waals surface area contributed by atoms with E-state index in [0.29, 0.717) is 0 Å². The molecular formula is H2CoFeLaPdSr. The van der Waals surface area contributed by atoms with Crippen molar-refractivity contribution in [2.24, 2.45) is 0 Å². The molecule has 0 bridgehead atoms. The van der Waals surface area contributed by atoms with Crippen LogP contribution in [-0.2, 0) is 54.3 Å². The van der Waals surface area contributed by atoms with Gasteiger partial charge >= 0.3 is 45.5 Å². The molecule has 0 aliphatic heterocycles. The molecule has 0 aliphatic carbocycles. The van der Waals surface area contributed by atoms with E-state index in [2.05, 4.69) is 0 Å². The molecule has 5 heavy (non-hydrogen) atoms. The maximum absolute atomic E-state index is 0. The molecule has 0 aromatic carbocycles. The van der Waals surface area contributed by atoms with Gasteiger partial charge in [-0.25, -0.2) is 0 Å². The minimum absolute atomic E-state index is 0. The third-order valence-electron chi connectivity index (χ3n) is 0. The first-order valence-corrected chi connectivity index (χ1v) is 0. The van der Waals surface area contributed by atoms with Crippen molar-refractivity contribution in [1.82, 2.24) is 0 Å². The van der Waals surface area contributed by atoms with Crippen LogP contribution in [0.25, 0.3) is 0 Å². The van der Waals surface area contributed by atoms with Crippen LogP contribution >= 0.6 is 0 Å². The normalized spacial score (nSPS) is 0. The average Bonchev–Trinajstić information content (AvgIpc) is 0. The van der Waals surface area contributed by atoms with E-state index in [4.69, 9.17) is 0 Å². The SMILES string of the molecule is [Co].[Fe].[La].[Pd].[SrH2]. The fourth-order valence-electron chi connectivity index (χ4n) is 0. The van der Waals surface area contributed by atoms with E-state index < -0.39 is 0 Å². The van der Waals surface area contributed by atoms with Crippen LogP contribution in [0.3, 0.4) is 0 Å². The third-order valence-corrected chi connectivity index (χ3v) is 0. The van der Waals surface area contributed by atoms with Crippen LogP contribution in [0.15, 0.2) is 0 Å². The zero-order chi connectivity index (χ0) is 0. The Morgan fingerprint density at radius 2 is 1.00 bits per heavy atom. The monoisotopic (exact) mass is 450 g/mol. The van der Waals surface area contributed by atoms with E-state index in [1.54, 1.807) is 0 Å². The van der Waals surface area contributed by atoms with Crippen molar-refractivity contribution >= 4 is 45.5 Å². The molecule has 0 aromatic heterocycles. The van der Waals surface area contributed by atoms with Crippen LogP contribution in [0.5, 0.6) is 0 Å². The molecule has 0 amide bonds. The molecule has 0 N–H and O–H groups in total. The molecule has 0 saturated heterocycles. The Bertz CT molecular complexity index is 11.6. The number of hydrogen-bond acceptors (Lipinski definition) is 0. The van der Waals surface area contributed by atoms with Crippen molar-refractivity contribution in [3.63, 3.8) is 0 Å². The Kier molecular flexibility index (Phi) is 164. The fourth-order valence-corrected chi connectivity index (χ4v) is 0. The molecule has 5 heteroatoms. The van der Waals surface area contributed by atoms with E-state index in [1.807, 2.05) is 0 Å². The van der Waals surface area contributed by atoms with Crippen molar-refractivity contribution < 1.29 is 89.9 Å². The topological polar surface area (TPSA) is 0 Å². The van der Waals surface area contributed by atoms with Gasteiger partial charge in [-0.2, -0.15) is 0 Å². The number of hydrogen-bond donors (Lipinski definition) is 0. The summed E-state index contributed by atoms with van der Waals surface area (Å²) >= 11 is 0. The van der Waals surface area contributed by atoms with Crippen LogP contribution in [0.2, 0.25) is 0 Å². The summed E-state index contributed by atoms with van der Waals surface area (Å²) in [6.45, 7) is 0. The van der Waals surface area contributed by atoms with E-state index in [9.17, 15) is 0 Å². The Balaban J connectivity index is 0. The molecule has 0 aromatic rings. The van der Waals surface area contributed by atoms with Crippen molar-refractivity contribution in [2.45, 2.75) is 0 Å². The van der Waals surface area contributed by atoms with Crippen LogP contribution in [-0.4, -0.2) is 45.5 Å². The zero-order valence-corrected chi connectivity index (χ0v) is 8.91. The summed E-state index contributed by atoms with van der Waals surface area (Å²) in [4.78, 5) is 0. The molecule has 0 nitrogen and oxygen atoms in total. The molecule has 34 valence electrons. The quantitative estimate of drug-likeness (QED) is 0.420. The molecule has 0 saturated carbocycles. The van der Waals surface area contributed by atoms with Gasteiger partial charge in [-0.1, -0.05) is 0 Å². The van der Waals surface area contributed by atoms with Gasteiger partial charge in [-0.05, 0) is 0 Å². The molecule has 0 rings (SSSR count). The molecular weight excluding hydrogens is 448 g/mol. The average molecular weight is 450 g/mol. The number of rotatable bonds is 0. The van der Waals surface area contributed by atoms with Gasteiger partial charge in [0.2, 0.25) is 0 Å². The van der Waals surface area contributed by atoms with Gasteiger partial charge in [0.25, 0.3) is 0 Å². The van der Waals surface area contributed by atoms with E-state index in [-0.39, 0.29) is 135 Å². The van der Waals surface area contributed by atoms with Crippen molar-refractivity contribution in [2.75, 3.05) is 0 Å². The van der Waals surface area contributed by atoms with Crippen LogP contribution in [0.1, 0.15) is 0 Å². The van der Waals surface area contributed by atoms with Crippen molar-refractivity contribution in [3.05, 3.63) is 0 Å². The third kappa shape index (κ3) is 17.8. The summed E-state index contributed by atoms with van der Waals surface area (Å²) in [6, 6.07) is 0. The second kappa shape index (κ2) is 23.8. The van der Waals surface area contributed by atoms with Crippen LogP contribution in [0.4, 0.5) is 0 Å². The Morgan fingerprint density at radius 3 is 1.00 bits per heavy atom. The van der Waals surface area contributed by atoms with Crippen LogP contribution in [0, 0.1) is 35.6 Å². The maximum atomic E-state index is 0. The Labute approximate surface area is 132 Å². The van der Waals surface area contributed by atoms with Gasteiger partial charge in [-0.15, -0.1) is 0 Å². The van der Waals surface area contributed by atoms with Gasteiger partial charge in [0, 0.05) is 89.9 Å². The van der Waals surface area contributed by atoms with Gasteiger partial charge in [-0.3, -0.25) is 0 Å². The minimum atomic E-state index is 0. The molecule has 2 radical (unpaired) electrons. The van der Waals surface area contributed by atoms with Crippen molar-refractivity contribution in [1.29, 1.82) is 0 Å². The summed E-state index contributed by atoms with van der Waals surface area (Å²) in [5.41, 5.74) is 0. The second-order valence-corrected chi connectivity index (χ2v) is 0. The molecule has 0 atom stereocenters. The summed E-state index contributed by atoms with van der Waals surface area (Å²) in [7, 11) is 0. The fraction of sp³-hybridized carbons (Fsp3) is 0. The summed E-state index contributed by atoms with van der Waals surface area (Å²) < 4.78 is 0. The molecule has 0 spiro atoms. The Morgan fingerprint density at radius 1 is 1.00 bits per heavy atom. The van der Waals surface area contributed by atoms with Gasteiger partial charge in [0.15, 0.2) is 0 Å². The van der Waals surface area contributed by atoms with Crippen molar-refractivity contribution in [3.8, 4) is 0 Å². The molecule has 0 fully saturated rings. The predicted octanol–water partition coefficient (Wildman–Crippen LogP) is -0.924. The van der Waals surface area contributed by atoms with Gasteiger partial charge in [0.1, 0.15) is 0 Å². The first-order valence-electron chi connectivity index (χ1n) is 0. The first kappa shape index (κ1) is 34.4. The second-order valence-electron chi connectivity index (χ2n) is 0. The summed E-state index contributed by atoms with van der Waals surface area (Å²) in [6.07, 6.45) is 0. The van der Waals surface area contributed by atoms with E-state index >= 15 is 0 Å². The predicted molar refractivity (Wildman–Crippen MR) is 8.54 cm³/mol. The van der Waals surface area contributed by atoms with E-state index in [0.717, 1.165) is 0 Å². The molecule has 0 aliphatic rings. The first-order chi connectivity index (χ1) is 0. The summed E-state index contributed by atoms with van der Waals surface area (Å²) in [5.74, 6) is 0. The van der Waals surface area contributed by atoms with E-state index in [1.165, 1.54) is 0 Å². The Hall–Kier alpha value is 4.36. The van der Waals surface area contributed by atoms with Crippen LogP contribution < -0.4 is 0 Å². The van der Waals surface area contributed by atoms with Gasteiger partial charge in [0.05, 0.1) is 0 Å². The van der Waals surface area contributed by atoms with Gasteiger partial charge < -0.3 is 0 Å². The molecule has 0 unspecified atom stereocenters.